The number of carboxylic acids is 1. The lowest BCUT2D eigenvalue weighted by molar-refractivity contribution is -0.136. The van der Waals surface area contributed by atoms with Crippen LogP contribution < -0.4 is 10.1 Å². The van der Waals surface area contributed by atoms with Crippen LogP contribution in [0.1, 0.15) is 38.3 Å². The number of hydrogen-bond acceptors (Lipinski definition) is 5. The first-order chi connectivity index (χ1) is 11.2. The number of benzene rings is 1. The predicted molar refractivity (Wildman–Crippen MR) is 92.8 cm³/mol. The van der Waals surface area contributed by atoms with Gasteiger partial charge in [-0.2, -0.15) is 0 Å². The maximum Gasteiger partial charge on any atom is 0.309 e. The van der Waals surface area contributed by atoms with E-state index >= 15 is 0 Å². The molecule has 0 atom stereocenters. The van der Waals surface area contributed by atoms with Crippen LogP contribution in [0.15, 0.2) is 29.6 Å². The van der Waals surface area contributed by atoms with Crippen molar-refractivity contribution in [3.63, 3.8) is 0 Å². The Morgan fingerprint density at radius 1 is 1.26 bits per heavy atom. The van der Waals surface area contributed by atoms with Crippen molar-refractivity contribution in [2.24, 2.45) is 0 Å². The van der Waals surface area contributed by atoms with Gasteiger partial charge in [0, 0.05) is 11.1 Å². The van der Waals surface area contributed by atoms with E-state index < -0.39 is 5.97 Å². The Labute approximate surface area is 140 Å². The van der Waals surface area contributed by atoms with E-state index in [2.05, 4.69) is 17.2 Å². The molecule has 23 heavy (non-hydrogen) atoms. The Balaban J connectivity index is 1.80. The summed E-state index contributed by atoms with van der Waals surface area (Å²) in [5.41, 5.74) is 1.47. The number of thiazole rings is 1. The maximum atomic E-state index is 10.6. The fraction of sp³-hybridized carbons (Fsp3) is 0.412. The van der Waals surface area contributed by atoms with Gasteiger partial charge in [-0.1, -0.05) is 26.2 Å². The minimum Gasteiger partial charge on any atom is -0.494 e. The highest BCUT2D eigenvalue weighted by Gasteiger charge is 2.06. The smallest absolute Gasteiger partial charge is 0.309 e. The molecular formula is C17H22N2O3S. The highest BCUT2D eigenvalue weighted by molar-refractivity contribution is 7.13. The van der Waals surface area contributed by atoms with Crippen LogP contribution in [-0.4, -0.2) is 22.7 Å². The van der Waals surface area contributed by atoms with Crippen molar-refractivity contribution in [1.82, 2.24) is 4.98 Å². The first kappa shape index (κ1) is 17.3. The molecule has 124 valence electrons. The lowest BCUT2D eigenvalue weighted by Gasteiger charge is -2.07. The molecule has 0 amide bonds. The summed E-state index contributed by atoms with van der Waals surface area (Å²) in [6.45, 7) is 2.94. The average Bonchev–Trinajstić information content (AvgIpc) is 2.95. The Hall–Kier alpha value is -2.08. The number of anilines is 2. The van der Waals surface area contributed by atoms with Gasteiger partial charge in [-0.15, -0.1) is 11.3 Å². The zero-order chi connectivity index (χ0) is 16.5. The Morgan fingerprint density at radius 2 is 2.04 bits per heavy atom. The largest absolute Gasteiger partial charge is 0.494 e. The third kappa shape index (κ3) is 6.28. The molecule has 1 aromatic heterocycles. The first-order valence-corrected chi connectivity index (χ1v) is 8.71. The fourth-order valence-corrected chi connectivity index (χ4v) is 2.81. The van der Waals surface area contributed by atoms with Crippen molar-refractivity contribution in [3.05, 3.63) is 35.3 Å². The summed E-state index contributed by atoms with van der Waals surface area (Å²) in [7, 11) is 0. The molecule has 1 aromatic carbocycles. The molecule has 0 aliphatic rings. The molecule has 6 heteroatoms. The lowest BCUT2D eigenvalue weighted by Crippen LogP contribution is -2.00. The molecule has 0 unspecified atom stereocenters. The molecule has 2 N–H and O–H groups in total. The highest BCUT2D eigenvalue weighted by atomic mass is 32.1. The number of ether oxygens (including phenoxy) is 1. The molecule has 5 nitrogen and oxygen atoms in total. The van der Waals surface area contributed by atoms with Crippen LogP contribution in [0.3, 0.4) is 0 Å². The third-order valence-electron chi connectivity index (χ3n) is 3.26. The average molecular weight is 334 g/mol. The Kier molecular flexibility index (Phi) is 6.87. The number of nitrogens with one attached hydrogen (secondary N) is 1. The van der Waals surface area contributed by atoms with Crippen molar-refractivity contribution in [3.8, 4) is 5.75 Å². The minimum atomic E-state index is -0.873. The minimum absolute atomic E-state index is 0.0526. The molecule has 0 spiro atoms. The van der Waals surface area contributed by atoms with Crippen molar-refractivity contribution in [2.75, 3.05) is 11.9 Å². The fourth-order valence-electron chi connectivity index (χ4n) is 2.08. The van der Waals surface area contributed by atoms with Crippen LogP contribution in [-0.2, 0) is 11.2 Å². The van der Waals surface area contributed by atoms with Crippen molar-refractivity contribution >= 4 is 28.1 Å². The number of aromatic nitrogens is 1. The maximum absolute atomic E-state index is 10.6. The summed E-state index contributed by atoms with van der Waals surface area (Å²) in [5, 5.41) is 14.4. The molecule has 1 heterocycles. The van der Waals surface area contributed by atoms with E-state index in [4.69, 9.17) is 9.84 Å². The van der Waals surface area contributed by atoms with Crippen LogP contribution in [0.4, 0.5) is 10.8 Å². The molecule has 2 aromatic rings. The first-order valence-electron chi connectivity index (χ1n) is 7.83. The van der Waals surface area contributed by atoms with Gasteiger partial charge in [0.1, 0.15) is 5.75 Å². The summed E-state index contributed by atoms with van der Waals surface area (Å²) >= 11 is 1.40. The number of unbranched alkanes of at least 4 members (excludes halogenated alkanes) is 3. The van der Waals surface area contributed by atoms with Crippen molar-refractivity contribution in [2.45, 2.75) is 39.0 Å². The number of hydrogen-bond donors (Lipinski definition) is 2. The predicted octanol–water partition coefficient (Wildman–Crippen LogP) is 4.47. The third-order valence-corrected chi connectivity index (χ3v) is 4.06. The SMILES string of the molecule is CCCCCCOc1ccc(Nc2nc(CC(=O)O)cs2)cc1. The van der Waals surface area contributed by atoms with Crippen LogP contribution in [0.25, 0.3) is 0 Å². The van der Waals surface area contributed by atoms with Crippen LogP contribution >= 0.6 is 11.3 Å². The number of rotatable bonds is 10. The van der Waals surface area contributed by atoms with Gasteiger partial charge in [-0.3, -0.25) is 4.79 Å². The second kappa shape index (κ2) is 9.15. The van der Waals surface area contributed by atoms with Gasteiger partial charge >= 0.3 is 5.97 Å². The summed E-state index contributed by atoms with van der Waals surface area (Å²) in [6, 6.07) is 7.71. The number of carbonyl (C=O) groups is 1. The topological polar surface area (TPSA) is 71.5 Å². The van der Waals surface area contributed by atoms with E-state index in [9.17, 15) is 4.79 Å². The Morgan fingerprint density at radius 3 is 2.74 bits per heavy atom. The molecular weight excluding hydrogens is 312 g/mol. The molecule has 0 fully saturated rings. The van der Waals surface area contributed by atoms with E-state index in [1.807, 2.05) is 24.3 Å². The molecule has 0 bridgehead atoms. The van der Waals surface area contributed by atoms with Crippen LogP contribution in [0.2, 0.25) is 0 Å². The molecule has 0 saturated heterocycles. The van der Waals surface area contributed by atoms with Gasteiger partial charge in [0.05, 0.1) is 18.7 Å². The lowest BCUT2D eigenvalue weighted by atomic mass is 10.2. The second-order valence-electron chi connectivity index (χ2n) is 5.27. The van der Waals surface area contributed by atoms with E-state index in [1.54, 1.807) is 5.38 Å². The molecule has 2 rings (SSSR count). The second-order valence-corrected chi connectivity index (χ2v) is 6.13. The van der Waals surface area contributed by atoms with Gasteiger partial charge < -0.3 is 15.2 Å². The molecule has 0 radical (unpaired) electrons. The van der Waals surface area contributed by atoms with E-state index in [-0.39, 0.29) is 6.42 Å². The molecule has 0 saturated carbocycles. The zero-order valence-electron chi connectivity index (χ0n) is 13.2. The molecule has 0 aliphatic heterocycles. The number of aliphatic carboxylic acids is 1. The summed E-state index contributed by atoms with van der Waals surface area (Å²) in [5.74, 6) is -0.0139. The van der Waals surface area contributed by atoms with Crippen LogP contribution in [0, 0.1) is 0 Å². The van der Waals surface area contributed by atoms with Crippen molar-refractivity contribution < 1.29 is 14.6 Å². The monoisotopic (exact) mass is 334 g/mol. The summed E-state index contributed by atoms with van der Waals surface area (Å²) in [6.07, 6.45) is 4.72. The van der Waals surface area contributed by atoms with E-state index in [0.717, 1.165) is 24.5 Å². The quantitative estimate of drug-likeness (QED) is 0.627. The van der Waals surface area contributed by atoms with Gasteiger partial charge in [0.15, 0.2) is 5.13 Å². The van der Waals surface area contributed by atoms with Crippen molar-refractivity contribution in [1.29, 1.82) is 0 Å². The van der Waals surface area contributed by atoms with Gasteiger partial charge in [0.25, 0.3) is 0 Å². The standard InChI is InChI=1S/C17H22N2O3S/c1-2-3-4-5-10-22-15-8-6-13(7-9-15)18-17-19-14(12-23-17)11-16(20)21/h6-9,12H,2-5,10-11H2,1H3,(H,18,19)(H,20,21). The summed E-state index contributed by atoms with van der Waals surface area (Å²) < 4.78 is 5.70. The molecule has 0 aliphatic carbocycles. The number of carboxylic acid groups (broad SMARTS) is 1. The van der Waals surface area contributed by atoms with E-state index in [1.165, 1.54) is 30.6 Å². The van der Waals surface area contributed by atoms with Gasteiger partial charge in [0.2, 0.25) is 0 Å². The summed E-state index contributed by atoms with van der Waals surface area (Å²) in [4.78, 5) is 14.9. The van der Waals surface area contributed by atoms with Gasteiger partial charge in [-0.25, -0.2) is 4.98 Å². The zero-order valence-corrected chi connectivity index (χ0v) is 14.1. The normalized spacial score (nSPS) is 10.5. The van der Waals surface area contributed by atoms with Crippen LogP contribution in [0.5, 0.6) is 5.75 Å². The highest BCUT2D eigenvalue weighted by Crippen LogP contribution is 2.23. The Bertz CT molecular complexity index is 611. The van der Waals surface area contributed by atoms with E-state index in [0.29, 0.717) is 10.8 Å². The van der Waals surface area contributed by atoms with Gasteiger partial charge in [-0.05, 0) is 30.7 Å². The number of nitrogens with zero attached hydrogens (tertiary/aromatic N) is 1.